The van der Waals surface area contributed by atoms with Gasteiger partial charge in [0.1, 0.15) is 0 Å². The van der Waals surface area contributed by atoms with Crippen LogP contribution in [0.25, 0.3) is 0 Å². The Labute approximate surface area is 116 Å². The third-order valence-electron chi connectivity index (χ3n) is 3.71. The van der Waals surface area contributed by atoms with Gasteiger partial charge < -0.3 is 4.74 Å². The zero-order valence-electron chi connectivity index (χ0n) is 12.1. The van der Waals surface area contributed by atoms with Gasteiger partial charge in [0.25, 0.3) is 0 Å². The van der Waals surface area contributed by atoms with Gasteiger partial charge in [-0.25, -0.2) is 0 Å². The number of hydrogen-bond acceptors (Lipinski definition) is 4. The first-order chi connectivity index (χ1) is 9.29. The van der Waals surface area contributed by atoms with E-state index in [4.69, 9.17) is 4.74 Å². The highest BCUT2D eigenvalue weighted by molar-refractivity contribution is 5.08. The third-order valence-corrected chi connectivity index (χ3v) is 3.71. The number of piperazine rings is 1. The molecular formula is C15H25N3O. The molecule has 0 radical (unpaired) electrons. The highest BCUT2D eigenvalue weighted by atomic mass is 16.5. The Kier molecular flexibility index (Phi) is 5.76. The molecule has 0 aromatic carbocycles. The van der Waals surface area contributed by atoms with Crippen LogP contribution in [0.4, 0.5) is 0 Å². The summed E-state index contributed by atoms with van der Waals surface area (Å²) in [7, 11) is 0. The summed E-state index contributed by atoms with van der Waals surface area (Å²) in [5, 5.41) is 0. The number of hydrogen-bond donors (Lipinski definition) is 0. The van der Waals surface area contributed by atoms with Crippen molar-refractivity contribution in [2.45, 2.75) is 26.4 Å². The van der Waals surface area contributed by atoms with Crippen LogP contribution >= 0.6 is 0 Å². The van der Waals surface area contributed by atoms with E-state index in [1.165, 1.54) is 5.56 Å². The molecular weight excluding hydrogens is 238 g/mol. The average Bonchev–Trinajstić information content (AvgIpc) is 2.43. The van der Waals surface area contributed by atoms with Crippen LogP contribution in [0.5, 0.6) is 0 Å². The first-order valence-electron chi connectivity index (χ1n) is 7.22. The predicted molar refractivity (Wildman–Crippen MR) is 77.0 cm³/mol. The number of aromatic nitrogens is 1. The van der Waals surface area contributed by atoms with Crippen LogP contribution in [-0.2, 0) is 11.3 Å². The Morgan fingerprint density at radius 2 is 2.32 bits per heavy atom. The summed E-state index contributed by atoms with van der Waals surface area (Å²) < 4.78 is 5.44. The normalized spacial score (nSPS) is 21.7. The second-order valence-electron chi connectivity index (χ2n) is 5.18. The highest BCUT2D eigenvalue weighted by Crippen LogP contribution is 2.12. The fraction of sp³-hybridized carbons (Fsp3) is 0.667. The number of ether oxygens (including phenoxy) is 1. The van der Waals surface area contributed by atoms with Gasteiger partial charge in [-0.3, -0.25) is 14.8 Å². The predicted octanol–water partition coefficient (Wildman–Crippen LogP) is 1.62. The molecule has 4 nitrogen and oxygen atoms in total. The maximum Gasteiger partial charge on any atom is 0.0593 e. The number of rotatable bonds is 6. The SMILES string of the molecule is CCOCCN1CCN(Cc2cccnc2)CC1C. The molecule has 1 fully saturated rings. The first kappa shape index (κ1) is 14.4. The fourth-order valence-electron chi connectivity index (χ4n) is 2.62. The zero-order chi connectivity index (χ0) is 13.5. The summed E-state index contributed by atoms with van der Waals surface area (Å²) in [5.41, 5.74) is 1.30. The number of nitrogens with zero attached hydrogens (tertiary/aromatic N) is 3. The zero-order valence-corrected chi connectivity index (χ0v) is 12.1. The highest BCUT2D eigenvalue weighted by Gasteiger charge is 2.23. The fourth-order valence-corrected chi connectivity index (χ4v) is 2.62. The molecule has 0 amide bonds. The molecule has 4 heteroatoms. The maximum atomic E-state index is 5.44. The van der Waals surface area contributed by atoms with Crippen LogP contribution < -0.4 is 0 Å². The summed E-state index contributed by atoms with van der Waals surface area (Å²) in [6.07, 6.45) is 3.80. The lowest BCUT2D eigenvalue weighted by molar-refractivity contribution is 0.0466. The first-order valence-corrected chi connectivity index (χ1v) is 7.22. The maximum absolute atomic E-state index is 5.44. The van der Waals surface area contributed by atoms with Crippen LogP contribution in [0.15, 0.2) is 24.5 Å². The van der Waals surface area contributed by atoms with E-state index in [-0.39, 0.29) is 0 Å². The van der Waals surface area contributed by atoms with E-state index in [0.717, 1.165) is 45.9 Å². The molecule has 1 unspecified atom stereocenters. The van der Waals surface area contributed by atoms with Gasteiger partial charge in [0.15, 0.2) is 0 Å². The van der Waals surface area contributed by atoms with Crippen molar-refractivity contribution in [3.63, 3.8) is 0 Å². The van der Waals surface area contributed by atoms with Crippen molar-refractivity contribution in [3.8, 4) is 0 Å². The van der Waals surface area contributed by atoms with Crippen LogP contribution in [0.1, 0.15) is 19.4 Å². The molecule has 0 saturated carbocycles. The van der Waals surface area contributed by atoms with Crippen molar-refractivity contribution in [2.75, 3.05) is 39.4 Å². The topological polar surface area (TPSA) is 28.6 Å². The molecule has 0 spiro atoms. The van der Waals surface area contributed by atoms with E-state index in [1.54, 1.807) is 0 Å². The second kappa shape index (κ2) is 7.58. The summed E-state index contributed by atoms with van der Waals surface area (Å²) >= 11 is 0. The Morgan fingerprint density at radius 1 is 1.42 bits per heavy atom. The Hall–Kier alpha value is -0.970. The van der Waals surface area contributed by atoms with Gasteiger partial charge in [-0.15, -0.1) is 0 Å². The van der Waals surface area contributed by atoms with Crippen molar-refractivity contribution in [3.05, 3.63) is 30.1 Å². The summed E-state index contributed by atoms with van der Waals surface area (Å²) in [6, 6.07) is 4.77. The Balaban J connectivity index is 1.76. The Morgan fingerprint density at radius 3 is 3.00 bits per heavy atom. The van der Waals surface area contributed by atoms with Gasteiger partial charge in [-0.1, -0.05) is 6.07 Å². The van der Waals surface area contributed by atoms with Gasteiger partial charge >= 0.3 is 0 Å². The smallest absolute Gasteiger partial charge is 0.0593 e. The van der Waals surface area contributed by atoms with Gasteiger partial charge in [-0.2, -0.15) is 0 Å². The molecule has 0 bridgehead atoms. The lowest BCUT2D eigenvalue weighted by atomic mass is 10.1. The summed E-state index contributed by atoms with van der Waals surface area (Å²) in [4.78, 5) is 9.22. The van der Waals surface area contributed by atoms with Crippen LogP contribution in [0, 0.1) is 0 Å². The van der Waals surface area contributed by atoms with Gasteiger partial charge in [-0.05, 0) is 25.5 Å². The van der Waals surface area contributed by atoms with Gasteiger partial charge in [0.2, 0.25) is 0 Å². The summed E-state index contributed by atoms with van der Waals surface area (Å²) in [6.45, 7) is 11.5. The van der Waals surface area contributed by atoms with Crippen molar-refractivity contribution in [1.29, 1.82) is 0 Å². The quantitative estimate of drug-likeness (QED) is 0.729. The van der Waals surface area contributed by atoms with Gasteiger partial charge in [0, 0.05) is 57.8 Å². The van der Waals surface area contributed by atoms with E-state index in [1.807, 2.05) is 18.5 Å². The molecule has 106 valence electrons. The van der Waals surface area contributed by atoms with E-state index in [9.17, 15) is 0 Å². The molecule has 0 aliphatic carbocycles. The minimum atomic E-state index is 0.603. The van der Waals surface area contributed by atoms with E-state index in [2.05, 4.69) is 34.7 Å². The number of pyridine rings is 1. The molecule has 2 rings (SSSR count). The molecule has 0 N–H and O–H groups in total. The monoisotopic (exact) mass is 263 g/mol. The molecule has 1 aromatic heterocycles. The molecule has 2 heterocycles. The van der Waals surface area contributed by atoms with Crippen molar-refractivity contribution >= 4 is 0 Å². The second-order valence-corrected chi connectivity index (χ2v) is 5.18. The Bertz CT molecular complexity index is 358. The van der Waals surface area contributed by atoms with Crippen molar-refractivity contribution in [1.82, 2.24) is 14.8 Å². The molecule has 19 heavy (non-hydrogen) atoms. The lowest BCUT2D eigenvalue weighted by Gasteiger charge is -2.39. The van der Waals surface area contributed by atoms with Crippen molar-refractivity contribution < 1.29 is 4.74 Å². The average molecular weight is 263 g/mol. The van der Waals surface area contributed by atoms with Crippen LogP contribution in [-0.4, -0.2) is 60.2 Å². The minimum absolute atomic E-state index is 0.603. The largest absolute Gasteiger partial charge is 0.380 e. The summed E-state index contributed by atoms with van der Waals surface area (Å²) in [5.74, 6) is 0. The minimum Gasteiger partial charge on any atom is -0.380 e. The molecule has 1 atom stereocenters. The molecule has 1 aliphatic rings. The van der Waals surface area contributed by atoms with E-state index < -0.39 is 0 Å². The van der Waals surface area contributed by atoms with E-state index in [0.29, 0.717) is 6.04 Å². The molecule has 1 saturated heterocycles. The third kappa shape index (κ3) is 4.56. The van der Waals surface area contributed by atoms with Crippen molar-refractivity contribution in [2.24, 2.45) is 0 Å². The standard InChI is InChI=1S/C15H25N3O/c1-3-19-10-9-18-8-7-17(12-14(18)2)13-15-5-4-6-16-11-15/h4-6,11,14H,3,7-10,12-13H2,1-2H3. The molecule has 1 aromatic rings. The molecule has 1 aliphatic heterocycles. The van der Waals surface area contributed by atoms with Crippen LogP contribution in [0.2, 0.25) is 0 Å². The van der Waals surface area contributed by atoms with E-state index >= 15 is 0 Å². The van der Waals surface area contributed by atoms with Gasteiger partial charge in [0.05, 0.1) is 6.61 Å². The lowest BCUT2D eigenvalue weighted by Crippen LogP contribution is -2.52. The van der Waals surface area contributed by atoms with Crippen LogP contribution in [0.3, 0.4) is 0 Å².